The van der Waals surface area contributed by atoms with Gasteiger partial charge in [0.2, 0.25) is 5.91 Å². The molecule has 0 spiro atoms. The van der Waals surface area contributed by atoms with E-state index in [0.29, 0.717) is 43.3 Å². The van der Waals surface area contributed by atoms with E-state index in [4.69, 9.17) is 5.73 Å². The Morgan fingerprint density at radius 2 is 2.07 bits per heavy atom. The van der Waals surface area contributed by atoms with Crippen molar-refractivity contribution < 1.29 is 18.0 Å². The SMILES string of the molecule is C\C=C/N=C(\C(=C\CC)Nc1ccc(C(F)(F)F)cc1)N1CCNC(C(N)=O)C1. The van der Waals surface area contributed by atoms with Crippen molar-refractivity contribution in [3.63, 3.8) is 0 Å². The standard InChI is InChI=1S/C20H26F3N5O/c1-3-5-16(27-15-8-6-14(7-9-15)20(21,22)23)19(26-10-4-2)28-12-11-25-17(13-28)18(24)29/h4-10,17,25,27H,3,11-13H2,1-2H3,(H2,24,29)/b10-4-,16-5-,26-19+. The molecule has 6 nitrogen and oxygen atoms in total. The number of halogens is 3. The van der Waals surface area contributed by atoms with Crippen molar-refractivity contribution in [1.29, 1.82) is 0 Å². The highest BCUT2D eigenvalue weighted by atomic mass is 19.4. The lowest BCUT2D eigenvalue weighted by Crippen LogP contribution is -2.57. The van der Waals surface area contributed by atoms with Crippen LogP contribution < -0.4 is 16.4 Å². The maximum Gasteiger partial charge on any atom is 0.416 e. The molecule has 1 unspecified atom stereocenters. The lowest BCUT2D eigenvalue weighted by molar-refractivity contribution is -0.137. The number of amidine groups is 1. The number of nitrogens with one attached hydrogen (secondary N) is 2. The number of carbonyl (C=O) groups excluding carboxylic acids is 1. The molecular weight excluding hydrogens is 383 g/mol. The van der Waals surface area contributed by atoms with Crippen molar-refractivity contribution >= 4 is 17.4 Å². The summed E-state index contributed by atoms with van der Waals surface area (Å²) in [7, 11) is 0. The topological polar surface area (TPSA) is 82.8 Å². The van der Waals surface area contributed by atoms with Crippen molar-refractivity contribution in [2.24, 2.45) is 10.7 Å². The summed E-state index contributed by atoms with van der Waals surface area (Å²) in [6.07, 6.45) is 1.61. The van der Waals surface area contributed by atoms with E-state index in [-0.39, 0.29) is 0 Å². The molecule has 2 rings (SSSR count). The molecule has 1 fully saturated rings. The number of hydrogen-bond acceptors (Lipinski definition) is 4. The second-order valence-corrected chi connectivity index (χ2v) is 6.52. The Morgan fingerprint density at radius 3 is 2.62 bits per heavy atom. The van der Waals surface area contributed by atoms with Gasteiger partial charge in [-0.05, 0) is 37.6 Å². The second kappa shape index (κ2) is 10.1. The predicted octanol–water partition coefficient (Wildman–Crippen LogP) is 3.10. The number of nitrogens with two attached hydrogens (primary N) is 1. The predicted molar refractivity (Wildman–Crippen MR) is 108 cm³/mol. The molecule has 4 N–H and O–H groups in total. The molecule has 0 radical (unpaired) electrons. The summed E-state index contributed by atoms with van der Waals surface area (Å²) in [5.41, 5.74) is 5.88. The van der Waals surface area contributed by atoms with Crippen LogP contribution in [0.25, 0.3) is 0 Å². The summed E-state index contributed by atoms with van der Waals surface area (Å²) in [5, 5.41) is 6.22. The number of alkyl halides is 3. The van der Waals surface area contributed by atoms with Crippen LogP contribution in [0, 0.1) is 0 Å². The highest BCUT2D eigenvalue weighted by Crippen LogP contribution is 2.30. The molecule has 29 heavy (non-hydrogen) atoms. The highest BCUT2D eigenvalue weighted by molar-refractivity contribution is 6.01. The van der Waals surface area contributed by atoms with Gasteiger partial charge < -0.3 is 21.3 Å². The van der Waals surface area contributed by atoms with Crippen LogP contribution in [0.15, 0.2) is 53.3 Å². The molecule has 1 aromatic rings. The fourth-order valence-corrected chi connectivity index (χ4v) is 2.90. The van der Waals surface area contributed by atoms with Gasteiger partial charge >= 0.3 is 6.18 Å². The molecular formula is C20H26F3N5O. The van der Waals surface area contributed by atoms with Crippen molar-refractivity contribution in [2.75, 3.05) is 25.0 Å². The minimum atomic E-state index is -4.39. The van der Waals surface area contributed by atoms with Crippen LogP contribution in [0.4, 0.5) is 18.9 Å². The zero-order valence-corrected chi connectivity index (χ0v) is 16.5. The maximum atomic E-state index is 12.8. The summed E-state index contributed by atoms with van der Waals surface area (Å²) >= 11 is 0. The van der Waals surface area contributed by atoms with E-state index in [1.165, 1.54) is 12.1 Å². The first-order chi connectivity index (χ1) is 13.8. The van der Waals surface area contributed by atoms with Gasteiger partial charge in [0.15, 0.2) is 5.84 Å². The van der Waals surface area contributed by atoms with E-state index in [2.05, 4.69) is 15.6 Å². The van der Waals surface area contributed by atoms with E-state index >= 15 is 0 Å². The average Bonchev–Trinajstić information content (AvgIpc) is 2.68. The fourth-order valence-electron chi connectivity index (χ4n) is 2.90. The van der Waals surface area contributed by atoms with Crippen molar-refractivity contribution in [2.45, 2.75) is 32.5 Å². The third kappa shape index (κ3) is 6.35. The van der Waals surface area contributed by atoms with E-state index in [1.807, 2.05) is 24.8 Å². The molecule has 0 aliphatic carbocycles. The van der Waals surface area contributed by atoms with Crippen molar-refractivity contribution in [1.82, 2.24) is 10.2 Å². The number of rotatable bonds is 6. The molecule has 1 saturated heterocycles. The van der Waals surface area contributed by atoms with Crippen molar-refractivity contribution in [3.8, 4) is 0 Å². The van der Waals surface area contributed by atoms with Gasteiger partial charge in [-0.1, -0.05) is 19.1 Å². The number of benzene rings is 1. The summed E-state index contributed by atoms with van der Waals surface area (Å²) in [5.74, 6) is 0.148. The Kier molecular flexibility index (Phi) is 7.83. The molecule has 1 atom stereocenters. The van der Waals surface area contributed by atoms with E-state index in [1.54, 1.807) is 12.3 Å². The first-order valence-electron chi connectivity index (χ1n) is 9.37. The number of carbonyl (C=O) groups is 1. The van der Waals surface area contributed by atoms with Gasteiger partial charge in [-0.2, -0.15) is 13.2 Å². The molecule has 1 aliphatic heterocycles. The van der Waals surface area contributed by atoms with Gasteiger partial charge in [0, 0.05) is 31.5 Å². The molecule has 0 aromatic heterocycles. The minimum Gasteiger partial charge on any atom is -0.368 e. The summed E-state index contributed by atoms with van der Waals surface area (Å²) < 4.78 is 38.4. The zero-order chi connectivity index (χ0) is 21.4. The number of amides is 1. The molecule has 1 aliphatic rings. The van der Waals surface area contributed by atoms with Crippen molar-refractivity contribution in [3.05, 3.63) is 53.9 Å². The third-order valence-electron chi connectivity index (χ3n) is 4.30. The summed E-state index contributed by atoms with van der Waals surface area (Å²) in [6, 6.07) is 4.31. The fraction of sp³-hybridized carbons (Fsp3) is 0.400. The van der Waals surface area contributed by atoms with Crippen LogP contribution in [0.2, 0.25) is 0 Å². The van der Waals surface area contributed by atoms with Gasteiger partial charge in [0.05, 0.1) is 11.3 Å². The lowest BCUT2D eigenvalue weighted by atomic mass is 10.1. The molecule has 158 valence electrons. The first kappa shape index (κ1) is 22.5. The van der Waals surface area contributed by atoms with Gasteiger partial charge in [-0.3, -0.25) is 4.79 Å². The number of anilines is 1. The van der Waals surface area contributed by atoms with Crippen LogP contribution in [-0.4, -0.2) is 42.3 Å². The lowest BCUT2D eigenvalue weighted by Gasteiger charge is -2.35. The minimum absolute atomic E-state index is 0.349. The van der Waals surface area contributed by atoms with Crippen LogP contribution in [0.5, 0.6) is 0 Å². The number of aliphatic imine (C=N–C) groups is 1. The molecule has 1 aromatic carbocycles. The average molecular weight is 409 g/mol. The largest absolute Gasteiger partial charge is 0.416 e. The number of primary amides is 1. The highest BCUT2D eigenvalue weighted by Gasteiger charge is 2.30. The van der Waals surface area contributed by atoms with Crippen LogP contribution in [-0.2, 0) is 11.0 Å². The summed E-state index contributed by atoms with van der Waals surface area (Å²) in [4.78, 5) is 18.0. The Hall–Kier alpha value is -2.81. The molecule has 1 heterocycles. The Morgan fingerprint density at radius 1 is 1.38 bits per heavy atom. The Balaban J connectivity index is 2.30. The smallest absolute Gasteiger partial charge is 0.368 e. The van der Waals surface area contributed by atoms with Crippen LogP contribution in [0.1, 0.15) is 25.8 Å². The van der Waals surface area contributed by atoms with Crippen LogP contribution >= 0.6 is 0 Å². The number of nitrogens with zero attached hydrogens (tertiary/aromatic N) is 2. The van der Waals surface area contributed by atoms with Gasteiger partial charge in [0.1, 0.15) is 6.04 Å². The summed E-state index contributed by atoms with van der Waals surface area (Å²) in [6.45, 7) is 5.29. The second-order valence-electron chi connectivity index (χ2n) is 6.52. The van der Waals surface area contributed by atoms with Gasteiger partial charge in [-0.15, -0.1) is 0 Å². The van der Waals surface area contributed by atoms with E-state index < -0.39 is 23.7 Å². The molecule has 0 bridgehead atoms. The Bertz CT molecular complexity index is 784. The molecule has 0 saturated carbocycles. The number of hydrogen-bond donors (Lipinski definition) is 3. The number of piperazine rings is 1. The quantitative estimate of drug-likeness (QED) is 0.498. The molecule has 1 amide bonds. The monoisotopic (exact) mass is 409 g/mol. The van der Waals surface area contributed by atoms with Crippen LogP contribution in [0.3, 0.4) is 0 Å². The maximum absolute atomic E-state index is 12.8. The zero-order valence-electron chi connectivity index (χ0n) is 16.5. The molecule has 9 heteroatoms. The van der Waals surface area contributed by atoms with Gasteiger partial charge in [0.25, 0.3) is 0 Å². The normalized spacial score (nSPS) is 18.9. The Labute approximate surface area is 168 Å². The van der Waals surface area contributed by atoms with E-state index in [0.717, 1.165) is 12.1 Å². The first-order valence-corrected chi connectivity index (χ1v) is 9.37. The van der Waals surface area contributed by atoms with Gasteiger partial charge in [-0.25, -0.2) is 4.99 Å². The number of allylic oxidation sites excluding steroid dienone is 2. The van der Waals surface area contributed by atoms with E-state index in [9.17, 15) is 18.0 Å². The third-order valence-corrected chi connectivity index (χ3v) is 4.30.